The van der Waals surface area contributed by atoms with E-state index in [-0.39, 0.29) is 17.7 Å². The average Bonchev–Trinajstić information content (AvgIpc) is 2.70. The summed E-state index contributed by atoms with van der Waals surface area (Å²) in [6, 6.07) is -0.0642. The van der Waals surface area contributed by atoms with Gasteiger partial charge in [-0.05, 0) is 19.8 Å². The van der Waals surface area contributed by atoms with E-state index in [1.54, 1.807) is 0 Å². The highest BCUT2D eigenvalue weighted by atomic mass is 32.2. The molecular weight excluding hydrogens is 230 g/mol. The molecule has 1 aromatic rings. The Morgan fingerprint density at radius 2 is 2.38 bits per heavy atom. The average molecular weight is 245 g/mol. The minimum absolute atomic E-state index is 0.0642. The molecule has 1 aliphatic heterocycles. The monoisotopic (exact) mass is 245 g/mol. The van der Waals surface area contributed by atoms with Gasteiger partial charge in [0.1, 0.15) is 5.25 Å². The second kappa shape index (κ2) is 4.14. The predicted octanol–water partition coefficient (Wildman–Crippen LogP) is 0.209. The van der Waals surface area contributed by atoms with Crippen LogP contribution in [0.4, 0.5) is 0 Å². The number of hydrogen-bond donors (Lipinski definition) is 1. The third kappa shape index (κ3) is 2.25. The first-order valence-corrected chi connectivity index (χ1v) is 7.00. The molecule has 90 valence electrons. The van der Waals surface area contributed by atoms with Crippen molar-refractivity contribution < 1.29 is 12.9 Å². The zero-order chi connectivity index (χ0) is 11.8. The molecule has 6 nitrogen and oxygen atoms in total. The summed E-state index contributed by atoms with van der Waals surface area (Å²) in [5.41, 5.74) is 5.60. The molecule has 2 rings (SSSR count). The van der Waals surface area contributed by atoms with Crippen LogP contribution in [0.25, 0.3) is 0 Å². The van der Waals surface area contributed by atoms with E-state index < -0.39 is 15.1 Å². The first kappa shape index (κ1) is 11.5. The Balaban J connectivity index is 2.19. The van der Waals surface area contributed by atoms with E-state index in [9.17, 15) is 8.42 Å². The first-order valence-electron chi connectivity index (χ1n) is 5.28. The lowest BCUT2D eigenvalue weighted by Gasteiger charge is -2.01. The molecule has 2 unspecified atom stereocenters. The van der Waals surface area contributed by atoms with Crippen LogP contribution in [-0.4, -0.2) is 30.4 Å². The highest BCUT2D eigenvalue weighted by Crippen LogP contribution is 2.33. The van der Waals surface area contributed by atoms with E-state index >= 15 is 0 Å². The minimum atomic E-state index is -3.08. The summed E-state index contributed by atoms with van der Waals surface area (Å²) in [5, 5.41) is 3.13. The van der Waals surface area contributed by atoms with Crippen LogP contribution in [0.3, 0.4) is 0 Å². The molecule has 1 saturated heterocycles. The van der Waals surface area contributed by atoms with Crippen molar-refractivity contribution in [3.63, 3.8) is 0 Å². The van der Waals surface area contributed by atoms with Crippen LogP contribution in [0.2, 0.25) is 0 Å². The summed E-state index contributed by atoms with van der Waals surface area (Å²) in [7, 11) is -3.08. The summed E-state index contributed by atoms with van der Waals surface area (Å²) in [5.74, 6) is 0.906. The van der Waals surface area contributed by atoms with Gasteiger partial charge >= 0.3 is 0 Å². The third-order valence-electron chi connectivity index (χ3n) is 2.59. The summed E-state index contributed by atoms with van der Waals surface area (Å²) in [6.07, 6.45) is 1.73. The Kier molecular flexibility index (Phi) is 2.98. The topological polar surface area (TPSA) is 99.1 Å². The van der Waals surface area contributed by atoms with Gasteiger partial charge < -0.3 is 10.3 Å². The third-order valence-corrected chi connectivity index (χ3v) is 4.75. The molecule has 0 aromatic carbocycles. The van der Waals surface area contributed by atoms with Crippen LogP contribution < -0.4 is 5.73 Å². The Bertz CT molecular complexity index is 466. The van der Waals surface area contributed by atoms with Crippen LogP contribution >= 0.6 is 0 Å². The van der Waals surface area contributed by atoms with Crippen molar-refractivity contribution >= 4 is 9.84 Å². The SMILES string of the molecule is CC(N)Cc1noc(C2CCCS2(=O)=O)n1. The van der Waals surface area contributed by atoms with Crippen LogP contribution in [0.1, 0.15) is 36.7 Å². The van der Waals surface area contributed by atoms with E-state index in [1.165, 1.54) is 0 Å². The normalized spacial score (nSPS) is 25.8. The van der Waals surface area contributed by atoms with Crippen LogP contribution in [0.15, 0.2) is 4.52 Å². The zero-order valence-electron chi connectivity index (χ0n) is 9.09. The predicted molar refractivity (Wildman–Crippen MR) is 57.4 cm³/mol. The fourth-order valence-corrected chi connectivity index (χ4v) is 3.62. The summed E-state index contributed by atoms with van der Waals surface area (Å²) >= 11 is 0. The fraction of sp³-hybridized carbons (Fsp3) is 0.778. The van der Waals surface area contributed by atoms with Gasteiger partial charge in [0.15, 0.2) is 15.7 Å². The van der Waals surface area contributed by atoms with Gasteiger partial charge in [-0.3, -0.25) is 0 Å². The van der Waals surface area contributed by atoms with E-state index in [0.29, 0.717) is 25.1 Å². The van der Waals surface area contributed by atoms with Gasteiger partial charge in [-0.1, -0.05) is 5.16 Å². The summed E-state index contributed by atoms with van der Waals surface area (Å²) < 4.78 is 28.3. The molecule has 0 bridgehead atoms. The Labute approximate surface area is 94.1 Å². The molecule has 0 spiro atoms. The fourth-order valence-electron chi connectivity index (χ4n) is 1.84. The number of rotatable bonds is 3. The lowest BCUT2D eigenvalue weighted by molar-refractivity contribution is 0.366. The van der Waals surface area contributed by atoms with Gasteiger partial charge in [-0.25, -0.2) is 8.42 Å². The number of sulfone groups is 1. The minimum Gasteiger partial charge on any atom is -0.338 e. The number of nitrogens with zero attached hydrogens (tertiary/aromatic N) is 2. The molecule has 1 aliphatic rings. The highest BCUT2D eigenvalue weighted by molar-refractivity contribution is 7.91. The molecule has 0 amide bonds. The second-order valence-corrected chi connectivity index (χ2v) is 6.53. The smallest absolute Gasteiger partial charge is 0.244 e. The standard InChI is InChI=1S/C9H15N3O3S/c1-6(10)5-8-11-9(15-12-8)7-3-2-4-16(7,13)14/h6-7H,2-5,10H2,1H3. The van der Waals surface area contributed by atoms with Crippen LogP contribution in [-0.2, 0) is 16.3 Å². The molecule has 2 N–H and O–H groups in total. The Hall–Kier alpha value is -0.950. The van der Waals surface area contributed by atoms with Crippen molar-refractivity contribution in [3.8, 4) is 0 Å². The lowest BCUT2D eigenvalue weighted by atomic mass is 10.2. The maximum atomic E-state index is 11.6. The number of nitrogens with two attached hydrogens (primary N) is 1. The summed E-state index contributed by atoms with van der Waals surface area (Å²) in [4.78, 5) is 4.09. The maximum Gasteiger partial charge on any atom is 0.244 e. The quantitative estimate of drug-likeness (QED) is 0.817. The molecule has 2 atom stereocenters. The van der Waals surface area contributed by atoms with Crippen LogP contribution in [0.5, 0.6) is 0 Å². The van der Waals surface area contributed by atoms with Crippen molar-refractivity contribution in [2.75, 3.05) is 5.75 Å². The maximum absolute atomic E-state index is 11.6. The number of aromatic nitrogens is 2. The van der Waals surface area contributed by atoms with E-state index in [4.69, 9.17) is 10.3 Å². The molecule has 1 fully saturated rings. The van der Waals surface area contributed by atoms with Gasteiger partial charge in [0.2, 0.25) is 5.89 Å². The molecule has 7 heteroatoms. The van der Waals surface area contributed by atoms with Gasteiger partial charge in [0, 0.05) is 12.5 Å². The van der Waals surface area contributed by atoms with Gasteiger partial charge in [-0.15, -0.1) is 0 Å². The molecule has 0 aliphatic carbocycles. The molecule has 16 heavy (non-hydrogen) atoms. The molecule has 2 heterocycles. The Morgan fingerprint density at radius 1 is 1.62 bits per heavy atom. The highest BCUT2D eigenvalue weighted by Gasteiger charge is 2.36. The largest absolute Gasteiger partial charge is 0.338 e. The van der Waals surface area contributed by atoms with Gasteiger partial charge in [0.05, 0.1) is 5.75 Å². The van der Waals surface area contributed by atoms with Gasteiger partial charge in [-0.2, -0.15) is 4.98 Å². The van der Waals surface area contributed by atoms with E-state index in [1.807, 2.05) is 6.92 Å². The second-order valence-electron chi connectivity index (χ2n) is 4.23. The lowest BCUT2D eigenvalue weighted by Crippen LogP contribution is -2.18. The van der Waals surface area contributed by atoms with Crippen molar-refractivity contribution in [1.82, 2.24) is 10.1 Å². The van der Waals surface area contributed by atoms with Gasteiger partial charge in [0.25, 0.3) is 0 Å². The molecule has 0 radical (unpaired) electrons. The van der Waals surface area contributed by atoms with Crippen molar-refractivity contribution in [2.24, 2.45) is 5.73 Å². The molecular formula is C9H15N3O3S. The molecule has 1 aromatic heterocycles. The van der Waals surface area contributed by atoms with Crippen molar-refractivity contribution in [1.29, 1.82) is 0 Å². The van der Waals surface area contributed by atoms with E-state index in [2.05, 4.69) is 10.1 Å². The zero-order valence-corrected chi connectivity index (χ0v) is 9.90. The first-order chi connectivity index (χ1) is 7.49. The van der Waals surface area contributed by atoms with E-state index in [0.717, 1.165) is 0 Å². The van der Waals surface area contributed by atoms with Crippen molar-refractivity contribution in [3.05, 3.63) is 11.7 Å². The molecule has 0 saturated carbocycles. The van der Waals surface area contributed by atoms with Crippen molar-refractivity contribution in [2.45, 2.75) is 37.5 Å². The summed E-state index contributed by atoms with van der Waals surface area (Å²) in [6.45, 7) is 1.84. The van der Waals surface area contributed by atoms with Crippen LogP contribution in [0, 0.1) is 0 Å². The number of hydrogen-bond acceptors (Lipinski definition) is 6. The Morgan fingerprint density at radius 3 is 2.94 bits per heavy atom.